The smallest absolute Gasteiger partial charge is 0.294 e. The van der Waals surface area contributed by atoms with Crippen LogP contribution in [0.2, 0.25) is 0 Å². The highest BCUT2D eigenvalue weighted by atomic mass is 17.0. The molecule has 20 heavy (non-hydrogen) atoms. The third-order valence-corrected chi connectivity index (χ3v) is 2.36. The Morgan fingerprint density at radius 3 is 2.25 bits per heavy atom. The number of hydrogen-bond donors (Lipinski definition) is 0. The molecule has 0 unspecified atom stereocenters. The first-order valence-corrected chi connectivity index (χ1v) is 6.10. The summed E-state index contributed by atoms with van der Waals surface area (Å²) in [6.45, 7) is 5.43. The quantitative estimate of drug-likeness (QED) is 0.199. The lowest BCUT2D eigenvalue weighted by atomic mass is 10.1. The normalized spacial score (nSPS) is 12.1. The van der Waals surface area contributed by atoms with Crippen LogP contribution in [-0.4, -0.2) is 34.8 Å². The van der Waals surface area contributed by atoms with Gasteiger partial charge in [-0.15, -0.1) is 10.1 Å². The average Bonchev–Trinajstić information content (AvgIpc) is 2.35. The number of hydroxylamine groups is 1. The lowest BCUT2D eigenvalue weighted by Gasteiger charge is -2.18. The number of benzene rings is 1. The Morgan fingerprint density at radius 1 is 1.15 bits per heavy atom. The number of nitrogens with zero attached hydrogens (tertiary/aromatic N) is 2. The Kier molecular flexibility index (Phi) is 5.31. The van der Waals surface area contributed by atoms with Gasteiger partial charge >= 0.3 is 0 Å². The van der Waals surface area contributed by atoms with Gasteiger partial charge in [-0.1, -0.05) is 0 Å². The van der Waals surface area contributed by atoms with Crippen LogP contribution in [0.5, 0.6) is 5.75 Å². The van der Waals surface area contributed by atoms with E-state index in [2.05, 4.69) is 4.84 Å². The van der Waals surface area contributed by atoms with Crippen LogP contribution in [0.25, 0.3) is 0 Å². The summed E-state index contributed by atoms with van der Waals surface area (Å²) in [5, 5.41) is 20.8. The van der Waals surface area contributed by atoms with Gasteiger partial charge in [-0.3, -0.25) is 0 Å². The molecule has 0 aliphatic carbocycles. The molecular weight excluding hydrogens is 264 g/mol. The van der Waals surface area contributed by atoms with E-state index in [1.54, 1.807) is 24.3 Å². The van der Waals surface area contributed by atoms with Crippen LogP contribution >= 0.6 is 0 Å². The van der Waals surface area contributed by atoms with Crippen molar-refractivity contribution >= 4 is 6.21 Å². The highest BCUT2D eigenvalue weighted by molar-refractivity contribution is 5.76. The van der Waals surface area contributed by atoms with Gasteiger partial charge in [0.1, 0.15) is 19.0 Å². The molecule has 0 radical (unpaired) electrons. The Balaban J connectivity index is 2.54. The third-order valence-electron chi connectivity index (χ3n) is 2.36. The zero-order chi connectivity index (χ0) is 15.2. The minimum absolute atomic E-state index is 0.0830. The van der Waals surface area contributed by atoms with Gasteiger partial charge in [0.15, 0.2) is 11.8 Å². The van der Waals surface area contributed by atoms with E-state index in [0.29, 0.717) is 5.75 Å². The molecule has 1 aromatic carbocycles. The molecule has 0 amide bonds. The highest BCUT2D eigenvalue weighted by Gasteiger charge is 2.17. The Bertz CT molecular complexity index is 477. The fourth-order valence-corrected chi connectivity index (χ4v) is 1.25. The molecule has 1 rings (SSSR count). The molecule has 0 fully saturated rings. The van der Waals surface area contributed by atoms with Crippen LogP contribution in [0, 0.1) is 15.3 Å². The fraction of sp³-hybridized carbons (Fsp3) is 0.462. The van der Waals surface area contributed by atoms with Gasteiger partial charge in [-0.25, -0.2) is 4.74 Å². The highest BCUT2D eigenvalue weighted by Crippen LogP contribution is 2.12. The third kappa shape index (κ3) is 5.55. The number of hydrogen-bond acceptors (Lipinski definition) is 5. The molecule has 0 aliphatic rings. The van der Waals surface area contributed by atoms with Crippen molar-refractivity contribution in [3.8, 4) is 5.75 Å². The second-order valence-corrected chi connectivity index (χ2v) is 5.10. The molecule has 0 bridgehead atoms. The average molecular weight is 282 g/mol. The Labute approximate surface area is 117 Å². The molecule has 7 nitrogen and oxygen atoms in total. The Hall–Kier alpha value is -2.31. The molecular formula is C13H18N2O5. The van der Waals surface area contributed by atoms with Gasteiger partial charge in [0.25, 0.3) is 5.09 Å². The minimum atomic E-state index is -0.864. The van der Waals surface area contributed by atoms with Gasteiger partial charge in [0, 0.05) is 26.3 Å². The van der Waals surface area contributed by atoms with Crippen molar-refractivity contribution < 1.29 is 19.4 Å². The van der Waals surface area contributed by atoms with Gasteiger partial charge < -0.3 is 14.8 Å². The summed E-state index contributed by atoms with van der Waals surface area (Å²) >= 11 is 0. The fourth-order valence-electron chi connectivity index (χ4n) is 1.25. The van der Waals surface area contributed by atoms with E-state index in [4.69, 9.17) is 4.74 Å². The van der Waals surface area contributed by atoms with Crippen molar-refractivity contribution in [3.63, 3.8) is 0 Å². The van der Waals surface area contributed by atoms with Crippen molar-refractivity contribution in [1.82, 2.24) is 0 Å². The van der Waals surface area contributed by atoms with Gasteiger partial charge in [-0.05, 0) is 24.3 Å². The zero-order valence-corrected chi connectivity index (χ0v) is 11.7. The van der Waals surface area contributed by atoms with Crippen molar-refractivity contribution in [1.29, 1.82) is 0 Å². The number of ether oxygens (including phenoxy) is 1. The molecule has 7 heteroatoms. The molecule has 0 aliphatic heterocycles. The second kappa shape index (κ2) is 6.74. The summed E-state index contributed by atoms with van der Waals surface area (Å²) in [6.07, 6.45) is 1.50. The van der Waals surface area contributed by atoms with Gasteiger partial charge in [-0.2, -0.15) is 0 Å². The van der Waals surface area contributed by atoms with E-state index >= 15 is 0 Å². The molecule has 0 saturated heterocycles. The maximum atomic E-state index is 11.7. The van der Waals surface area contributed by atoms with Gasteiger partial charge in [0.2, 0.25) is 0 Å². The van der Waals surface area contributed by atoms with Crippen molar-refractivity contribution in [2.24, 2.45) is 0 Å². The molecule has 0 aromatic heterocycles. The SMILES string of the molecule is CC(C)(C)/[N+]([O-])=C/c1ccc(OCCO[N+](=O)[O-])cc1. The Morgan fingerprint density at radius 2 is 1.75 bits per heavy atom. The molecule has 0 saturated carbocycles. The van der Waals surface area contributed by atoms with E-state index in [1.807, 2.05) is 20.8 Å². The zero-order valence-electron chi connectivity index (χ0n) is 11.7. The summed E-state index contributed by atoms with van der Waals surface area (Å²) in [6, 6.07) is 6.85. The van der Waals surface area contributed by atoms with Crippen LogP contribution < -0.4 is 4.74 Å². The summed E-state index contributed by atoms with van der Waals surface area (Å²) in [5.74, 6) is 0.558. The predicted molar refractivity (Wildman–Crippen MR) is 73.4 cm³/mol. The lowest BCUT2D eigenvalue weighted by Crippen LogP contribution is -2.29. The van der Waals surface area contributed by atoms with E-state index in [1.165, 1.54) is 6.21 Å². The largest absolute Gasteiger partial charge is 0.623 e. The number of rotatable bonds is 6. The van der Waals surface area contributed by atoms with Gasteiger partial charge in [0.05, 0.1) is 0 Å². The standard InChI is InChI=1S/C13H18N2O5/c1-13(2,3)14(16)10-11-4-6-12(7-5-11)19-8-9-20-15(17)18/h4-7,10H,8-9H2,1-3H3/b14-10-. The second-order valence-electron chi connectivity index (χ2n) is 5.10. The van der Waals surface area contributed by atoms with Crippen LogP contribution in [0.4, 0.5) is 0 Å². The topological polar surface area (TPSA) is 87.7 Å². The van der Waals surface area contributed by atoms with Crippen LogP contribution in [0.1, 0.15) is 26.3 Å². The lowest BCUT2D eigenvalue weighted by molar-refractivity contribution is -0.757. The van der Waals surface area contributed by atoms with E-state index in [9.17, 15) is 15.3 Å². The van der Waals surface area contributed by atoms with Crippen LogP contribution in [0.15, 0.2) is 24.3 Å². The first-order chi connectivity index (χ1) is 9.29. The van der Waals surface area contributed by atoms with Crippen molar-refractivity contribution in [3.05, 3.63) is 45.2 Å². The first-order valence-electron chi connectivity index (χ1n) is 6.10. The molecule has 0 atom stereocenters. The molecule has 110 valence electrons. The molecule has 1 aromatic rings. The molecule has 0 heterocycles. The van der Waals surface area contributed by atoms with Crippen LogP contribution in [-0.2, 0) is 4.84 Å². The molecule has 0 spiro atoms. The summed E-state index contributed by atoms with van der Waals surface area (Å²) < 4.78 is 6.13. The first kappa shape index (κ1) is 15.7. The maximum Gasteiger partial charge on any atom is 0.294 e. The summed E-state index contributed by atoms with van der Waals surface area (Å²) in [4.78, 5) is 14.0. The predicted octanol–water partition coefficient (Wildman–Crippen LogP) is 2.00. The van der Waals surface area contributed by atoms with Crippen molar-refractivity contribution in [2.75, 3.05) is 13.2 Å². The van der Waals surface area contributed by atoms with E-state index in [-0.39, 0.29) is 13.2 Å². The monoisotopic (exact) mass is 282 g/mol. The minimum Gasteiger partial charge on any atom is -0.623 e. The van der Waals surface area contributed by atoms with Crippen LogP contribution in [0.3, 0.4) is 0 Å². The van der Waals surface area contributed by atoms with Crippen molar-refractivity contribution in [2.45, 2.75) is 26.3 Å². The van der Waals surface area contributed by atoms with E-state index < -0.39 is 10.6 Å². The van der Waals surface area contributed by atoms with E-state index in [0.717, 1.165) is 10.3 Å². The summed E-state index contributed by atoms with van der Waals surface area (Å²) in [7, 11) is 0. The molecule has 0 N–H and O–H groups in total. The summed E-state index contributed by atoms with van der Waals surface area (Å²) in [5.41, 5.74) is 0.263. The maximum absolute atomic E-state index is 11.7.